The van der Waals surface area contributed by atoms with Gasteiger partial charge in [-0.2, -0.15) is 0 Å². The minimum absolute atomic E-state index is 0.0443. The van der Waals surface area contributed by atoms with Gasteiger partial charge in [0.1, 0.15) is 0 Å². The lowest BCUT2D eigenvalue weighted by atomic mass is 10.0. The normalized spacial score (nSPS) is 12.9. The van der Waals surface area contributed by atoms with Crippen LogP contribution >= 0.6 is 0 Å². The first-order chi connectivity index (χ1) is 7.99. The van der Waals surface area contributed by atoms with Crippen molar-refractivity contribution < 1.29 is 9.90 Å². The van der Waals surface area contributed by atoms with Gasteiger partial charge in [0.05, 0.1) is 6.42 Å². The molecule has 0 aliphatic carbocycles. The average Bonchev–Trinajstić information content (AvgIpc) is 2.53. The number of aliphatic carboxylic acids is 1. The van der Waals surface area contributed by atoms with Crippen molar-refractivity contribution in [1.29, 1.82) is 0 Å². The SMILES string of the molecule is Cc1cc2cc(C(N)CC(=O)O)ccc2n1C. The van der Waals surface area contributed by atoms with Crippen molar-refractivity contribution in [2.24, 2.45) is 12.8 Å². The van der Waals surface area contributed by atoms with E-state index in [1.54, 1.807) is 0 Å². The lowest BCUT2D eigenvalue weighted by molar-refractivity contribution is -0.137. The van der Waals surface area contributed by atoms with E-state index >= 15 is 0 Å². The van der Waals surface area contributed by atoms with Gasteiger partial charge >= 0.3 is 5.97 Å². The van der Waals surface area contributed by atoms with Gasteiger partial charge in [-0.25, -0.2) is 0 Å². The molecule has 1 atom stereocenters. The Bertz CT molecular complexity index is 572. The lowest BCUT2D eigenvalue weighted by Crippen LogP contribution is -2.14. The molecule has 0 saturated carbocycles. The summed E-state index contributed by atoms with van der Waals surface area (Å²) in [4.78, 5) is 10.6. The number of aromatic nitrogens is 1. The fourth-order valence-corrected chi connectivity index (χ4v) is 2.04. The number of nitrogens with zero attached hydrogens (tertiary/aromatic N) is 1. The third kappa shape index (κ3) is 2.17. The first-order valence-electron chi connectivity index (χ1n) is 5.52. The zero-order chi connectivity index (χ0) is 12.6. The molecule has 0 aliphatic heterocycles. The highest BCUT2D eigenvalue weighted by atomic mass is 16.4. The van der Waals surface area contributed by atoms with Gasteiger partial charge < -0.3 is 15.4 Å². The van der Waals surface area contributed by atoms with Crippen LogP contribution in [-0.4, -0.2) is 15.6 Å². The molecule has 4 nitrogen and oxygen atoms in total. The molecule has 3 N–H and O–H groups in total. The Balaban J connectivity index is 2.41. The van der Waals surface area contributed by atoms with Crippen molar-refractivity contribution in [1.82, 2.24) is 4.57 Å². The monoisotopic (exact) mass is 232 g/mol. The van der Waals surface area contributed by atoms with Crippen molar-refractivity contribution in [3.05, 3.63) is 35.5 Å². The Morgan fingerprint density at radius 3 is 2.82 bits per heavy atom. The maximum absolute atomic E-state index is 10.6. The maximum atomic E-state index is 10.6. The summed E-state index contributed by atoms with van der Waals surface area (Å²) < 4.78 is 2.10. The summed E-state index contributed by atoms with van der Waals surface area (Å²) >= 11 is 0. The van der Waals surface area contributed by atoms with Gasteiger partial charge in [-0.15, -0.1) is 0 Å². The fraction of sp³-hybridized carbons (Fsp3) is 0.308. The molecule has 90 valence electrons. The molecule has 2 aromatic rings. The fourth-order valence-electron chi connectivity index (χ4n) is 2.04. The molecule has 0 bridgehead atoms. The second-order valence-corrected chi connectivity index (χ2v) is 4.37. The largest absolute Gasteiger partial charge is 0.481 e. The molecule has 4 heteroatoms. The lowest BCUT2D eigenvalue weighted by Gasteiger charge is -2.09. The van der Waals surface area contributed by atoms with E-state index in [0.717, 1.165) is 16.5 Å². The Labute approximate surface area is 99.7 Å². The van der Waals surface area contributed by atoms with E-state index in [4.69, 9.17) is 10.8 Å². The van der Waals surface area contributed by atoms with Crippen molar-refractivity contribution in [2.75, 3.05) is 0 Å². The highest BCUT2D eigenvalue weighted by molar-refractivity contribution is 5.82. The van der Waals surface area contributed by atoms with Crippen LogP contribution in [0.4, 0.5) is 0 Å². The van der Waals surface area contributed by atoms with Gasteiger partial charge in [-0.3, -0.25) is 4.79 Å². The van der Waals surface area contributed by atoms with Crippen molar-refractivity contribution in [2.45, 2.75) is 19.4 Å². The van der Waals surface area contributed by atoms with Crippen LogP contribution in [0.25, 0.3) is 10.9 Å². The third-order valence-corrected chi connectivity index (χ3v) is 3.13. The summed E-state index contributed by atoms with van der Waals surface area (Å²) in [6.45, 7) is 2.04. The van der Waals surface area contributed by atoms with Crippen LogP contribution in [0.15, 0.2) is 24.3 Å². The van der Waals surface area contributed by atoms with E-state index in [1.807, 2.05) is 32.2 Å². The van der Waals surface area contributed by atoms with Crippen LogP contribution in [-0.2, 0) is 11.8 Å². The van der Waals surface area contributed by atoms with E-state index in [9.17, 15) is 4.79 Å². The zero-order valence-corrected chi connectivity index (χ0v) is 9.97. The van der Waals surface area contributed by atoms with Gasteiger partial charge in [-0.1, -0.05) is 6.07 Å². The Morgan fingerprint density at radius 2 is 2.18 bits per heavy atom. The van der Waals surface area contributed by atoms with Crippen LogP contribution in [0.3, 0.4) is 0 Å². The molecule has 0 aliphatic rings. The van der Waals surface area contributed by atoms with E-state index in [-0.39, 0.29) is 6.42 Å². The molecule has 0 saturated heterocycles. The van der Waals surface area contributed by atoms with Gasteiger partial charge in [0.2, 0.25) is 0 Å². The molecule has 0 fully saturated rings. The number of benzene rings is 1. The number of carbonyl (C=O) groups is 1. The predicted molar refractivity (Wildman–Crippen MR) is 66.8 cm³/mol. The summed E-state index contributed by atoms with van der Waals surface area (Å²) in [7, 11) is 2.01. The molecular weight excluding hydrogens is 216 g/mol. The Morgan fingerprint density at radius 1 is 1.47 bits per heavy atom. The molecule has 1 aromatic heterocycles. The quantitative estimate of drug-likeness (QED) is 0.850. The van der Waals surface area contributed by atoms with Gasteiger partial charge in [-0.05, 0) is 30.7 Å². The number of hydrogen-bond acceptors (Lipinski definition) is 2. The zero-order valence-electron chi connectivity index (χ0n) is 9.97. The standard InChI is InChI=1S/C13H16N2O2/c1-8-5-10-6-9(11(14)7-13(16)17)3-4-12(10)15(8)2/h3-6,11H,7,14H2,1-2H3,(H,16,17). The molecule has 17 heavy (non-hydrogen) atoms. The smallest absolute Gasteiger partial charge is 0.305 e. The van der Waals surface area contributed by atoms with E-state index in [0.29, 0.717) is 0 Å². The third-order valence-electron chi connectivity index (χ3n) is 3.13. The summed E-state index contributed by atoms with van der Waals surface area (Å²) in [5, 5.41) is 9.82. The summed E-state index contributed by atoms with van der Waals surface area (Å²) in [6.07, 6.45) is -0.0443. The van der Waals surface area contributed by atoms with Crippen LogP contribution in [0, 0.1) is 6.92 Å². The average molecular weight is 232 g/mol. The molecule has 0 amide bonds. The summed E-state index contributed by atoms with van der Waals surface area (Å²) in [6, 6.07) is 7.48. The van der Waals surface area contributed by atoms with E-state index < -0.39 is 12.0 Å². The first-order valence-corrected chi connectivity index (χ1v) is 5.52. The second kappa shape index (κ2) is 4.22. The number of rotatable bonds is 3. The highest BCUT2D eigenvalue weighted by Gasteiger charge is 2.12. The minimum Gasteiger partial charge on any atom is -0.481 e. The van der Waals surface area contributed by atoms with Crippen LogP contribution in [0.1, 0.15) is 23.7 Å². The number of aryl methyl sites for hydroxylation is 2. The number of fused-ring (bicyclic) bond motifs is 1. The van der Waals surface area contributed by atoms with Crippen molar-refractivity contribution >= 4 is 16.9 Å². The Kier molecular flexibility index (Phi) is 2.90. The van der Waals surface area contributed by atoms with E-state index in [1.165, 1.54) is 5.69 Å². The van der Waals surface area contributed by atoms with Crippen molar-refractivity contribution in [3.63, 3.8) is 0 Å². The van der Waals surface area contributed by atoms with Crippen LogP contribution < -0.4 is 5.73 Å². The van der Waals surface area contributed by atoms with Crippen LogP contribution in [0.2, 0.25) is 0 Å². The topological polar surface area (TPSA) is 68.2 Å². The number of carboxylic acid groups (broad SMARTS) is 1. The summed E-state index contributed by atoms with van der Waals surface area (Å²) in [5.74, 6) is -0.873. The number of carboxylic acids is 1. The maximum Gasteiger partial charge on any atom is 0.305 e. The van der Waals surface area contributed by atoms with Gasteiger partial charge in [0.15, 0.2) is 0 Å². The first kappa shape index (κ1) is 11.7. The molecule has 0 spiro atoms. The molecule has 1 unspecified atom stereocenters. The molecule has 0 radical (unpaired) electrons. The van der Waals surface area contributed by atoms with E-state index in [2.05, 4.69) is 10.6 Å². The molecular formula is C13H16N2O2. The van der Waals surface area contributed by atoms with Gasteiger partial charge in [0, 0.05) is 29.7 Å². The molecule has 1 aromatic carbocycles. The molecule has 2 rings (SSSR count). The summed E-state index contributed by atoms with van der Waals surface area (Å²) in [5.41, 5.74) is 9.01. The highest BCUT2D eigenvalue weighted by Crippen LogP contribution is 2.23. The number of nitrogens with two attached hydrogens (primary N) is 1. The van der Waals surface area contributed by atoms with Gasteiger partial charge in [0.25, 0.3) is 0 Å². The second-order valence-electron chi connectivity index (χ2n) is 4.37. The number of hydrogen-bond donors (Lipinski definition) is 2. The Hall–Kier alpha value is -1.81. The molecule has 1 heterocycles. The minimum atomic E-state index is -0.873. The van der Waals surface area contributed by atoms with Crippen LogP contribution in [0.5, 0.6) is 0 Å². The van der Waals surface area contributed by atoms with Crippen molar-refractivity contribution in [3.8, 4) is 0 Å². The predicted octanol–water partition coefficient (Wildman–Crippen LogP) is 1.96.